The topological polar surface area (TPSA) is 26.0 Å². The number of hydrogen-bond donors (Lipinski definition) is 2. The lowest BCUT2D eigenvalue weighted by molar-refractivity contribution is 0.828. The van der Waals surface area contributed by atoms with Gasteiger partial charge in [-0.05, 0) is 13.0 Å². The van der Waals surface area contributed by atoms with E-state index in [4.69, 9.17) is 5.73 Å². The van der Waals surface area contributed by atoms with E-state index in [-0.39, 0.29) is 0 Å². The van der Waals surface area contributed by atoms with Crippen molar-refractivity contribution in [1.82, 2.24) is 0 Å². The molecule has 0 rings (SSSR count). The molecule has 0 aromatic heterocycles. The van der Waals surface area contributed by atoms with Crippen molar-refractivity contribution < 1.29 is 0 Å². The number of nitrogens with two attached hydrogens (primary N) is 1. The highest BCUT2D eigenvalue weighted by atomic mass is 32.1. The van der Waals surface area contributed by atoms with Gasteiger partial charge in [0.15, 0.2) is 0 Å². The van der Waals surface area contributed by atoms with Crippen LogP contribution in [-0.4, -0.2) is 11.8 Å². The zero-order chi connectivity index (χ0) is 4.99. The summed E-state index contributed by atoms with van der Waals surface area (Å²) in [6, 6.07) is 0. The molecule has 0 bridgehead atoms. The summed E-state index contributed by atoms with van der Waals surface area (Å²) in [5, 5.41) is 0.468. The van der Waals surface area contributed by atoms with E-state index in [0.717, 1.165) is 13.0 Å². The average Bonchev–Trinajstić information content (AvgIpc) is 1.35. The Labute approximate surface area is 44.3 Å². The minimum Gasteiger partial charge on any atom is -0.330 e. The molecule has 38 valence electrons. The second-order valence-electron chi connectivity index (χ2n) is 1.43. The zero-order valence-corrected chi connectivity index (χ0v) is 4.91. The van der Waals surface area contributed by atoms with Crippen LogP contribution >= 0.6 is 12.6 Å². The first-order chi connectivity index (χ1) is 2.77. The Morgan fingerprint density at radius 3 is 2.33 bits per heavy atom. The Morgan fingerprint density at radius 1 is 1.83 bits per heavy atom. The second kappa shape index (κ2) is 3.50. The Kier molecular flexibility index (Phi) is 3.68. The number of rotatable bonds is 2. The molecular formula is C4H11NS. The van der Waals surface area contributed by atoms with Crippen LogP contribution in [0.1, 0.15) is 13.3 Å². The third-order valence-corrected chi connectivity index (χ3v) is 0.843. The van der Waals surface area contributed by atoms with Crippen LogP contribution in [0.5, 0.6) is 0 Å². The van der Waals surface area contributed by atoms with Crippen molar-refractivity contribution in [3.8, 4) is 0 Å². The first kappa shape index (κ1) is 6.31. The molecule has 0 heterocycles. The molecule has 0 aliphatic rings. The minimum absolute atomic E-state index is 0.468. The highest BCUT2D eigenvalue weighted by Gasteiger charge is 1.86. The van der Waals surface area contributed by atoms with Gasteiger partial charge in [-0.2, -0.15) is 12.6 Å². The first-order valence-corrected chi connectivity index (χ1v) is 2.67. The molecule has 0 aliphatic heterocycles. The SMILES string of the molecule is C[C@H](S)CCN. The molecule has 0 fully saturated rings. The smallest absolute Gasteiger partial charge is 0.0000402 e. The molecule has 6 heavy (non-hydrogen) atoms. The van der Waals surface area contributed by atoms with Crippen molar-refractivity contribution >= 4 is 12.6 Å². The van der Waals surface area contributed by atoms with Gasteiger partial charge in [0.25, 0.3) is 0 Å². The largest absolute Gasteiger partial charge is 0.330 e. The Balaban J connectivity index is 2.63. The fourth-order valence-corrected chi connectivity index (χ4v) is 0.390. The molecule has 0 saturated carbocycles. The lowest BCUT2D eigenvalue weighted by Gasteiger charge is -1.95. The maximum absolute atomic E-state index is 5.18. The van der Waals surface area contributed by atoms with E-state index in [0.29, 0.717) is 5.25 Å². The van der Waals surface area contributed by atoms with Crippen LogP contribution in [-0.2, 0) is 0 Å². The summed E-state index contributed by atoms with van der Waals surface area (Å²) in [5.74, 6) is 0. The van der Waals surface area contributed by atoms with E-state index >= 15 is 0 Å². The summed E-state index contributed by atoms with van der Waals surface area (Å²) in [5.41, 5.74) is 5.18. The van der Waals surface area contributed by atoms with Crippen LogP contribution in [0.3, 0.4) is 0 Å². The molecule has 0 saturated heterocycles. The van der Waals surface area contributed by atoms with E-state index in [2.05, 4.69) is 12.6 Å². The van der Waals surface area contributed by atoms with E-state index in [1.54, 1.807) is 0 Å². The maximum Gasteiger partial charge on any atom is 0.0000402 e. The number of hydrogen-bond acceptors (Lipinski definition) is 2. The molecule has 0 spiro atoms. The van der Waals surface area contributed by atoms with Crippen LogP contribution < -0.4 is 5.73 Å². The van der Waals surface area contributed by atoms with Gasteiger partial charge in [0.1, 0.15) is 0 Å². The van der Waals surface area contributed by atoms with E-state index in [1.807, 2.05) is 6.92 Å². The highest BCUT2D eigenvalue weighted by molar-refractivity contribution is 7.80. The van der Waals surface area contributed by atoms with Crippen molar-refractivity contribution in [3.63, 3.8) is 0 Å². The molecule has 0 radical (unpaired) electrons. The summed E-state index contributed by atoms with van der Waals surface area (Å²) >= 11 is 4.10. The fourth-order valence-electron chi connectivity index (χ4n) is 0.241. The molecule has 0 aromatic rings. The normalized spacial score (nSPS) is 14.5. The molecule has 1 nitrogen and oxygen atoms in total. The van der Waals surface area contributed by atoms with Crippen LogP contribution in [0.4, 0.5) is 0 Å². The van der Waals surface area contributed by atoms with E-state index in [1.165, 1.54) is 0 Å². The van der Waals surface area contributed by atoms with Crippen LogP contribution in [0.15, 0.2) is 0 Å². The molecule has 2 N–H and O–H groups in total. The van der Waals surface area contributed by atoms with Gasteiger partial charge in [-0.1, -0.05) is 6.92 Å². The van der Waals surface area contributed by atoms with Gasteiger partial charge in [0, 0.05) is 5.25 Å². The average molecular weight is 105 g/mol. The molecule has 1 atom stereocenters. The van der Waals surface area contributed by atoms with Gasteiger partial charge in [-0.3, -0.25) is 0 Å². The lowest BCUT2D eigenvalue weighted by Crippen LogP contribution is -2.03. The third-order valence-electron chi connectivity index (χ3n) is 0.584. The Morgan fingerprint density at radius 2 is 2.33 bits per heavy atom. The fraction of sp³-hybridized carbons (Fsp3) is 1.00. The van der Waals surface area contributed by atoms with Crippen molar-refractivity contribution in [2.45, 2.75) is 18.6 Å². The predicted molar refractivity (Wildman–Crippen MR) is 32.1 cm³/mol. The summed E-state index contributed by atoms with van der Waals surface area (Å²) in [4.78, 5) is 0. The number of thiol groups is 1. The summed E-state index contributed by atoms with van der Waals surface area (Å²) in [7, 11) is 0. The van der Waals surface area contributed by atoms with Crippen molar-refractivity contribution in [1.29, 1.82) is 0 Å². The van der Waals surface area contributed by atoms with Crippen molar-refractivity contribution in [3.05, 3.63) is 0 Å². The van der Waals surface area contributed by atoms with Crippen LogP contribution in [0, 0.1) is 0 Å². The second-order valence-corrected chi connectivity index (χ2v) is 2.31. The van der Waals surface area contributed by atoms with Gasteiger partial charge < -0.3 is 5.73 Å². The van der Waals surface area contributed by atoms with E-state index < -0.39 is 0 Å². The summed E-state index contributed by atoms with van der Waals surface area (Å²) < 4.78 is 0. The highest BCUT2D eigenvalue weighted by Crippen LogP contribution is 1.94. The standard InChI is InChI=1S/C4H11NS/c1-4(6)2-3-5/h4,6H,2-3,5H2,1H3/t4-/m0/s1. The lowest BCUT2D eigenvalue weighted by atomic mass is 10.3. The summed E-state index contributed by atoms with van der Waals surface area (Å²) in [6.45, 7) is 2.79. The summed E-state index contributed by atoms with van der Waals surface area (Å²) in [6.07, 6.45) is 1.02. The third kappa shape index (κ3) is 4.31. The molecule has 0 aliphatic carbocycles. The van der Waals surface area contributed by atoms with Crippen molar-refractivity contribution in [2.24, 2.45) is 5.73 Å². The molecule has 2 heteroatoms. The van der Waals surface area contributed by atoms with E-state index in [9.17, 15) is 0 Å². The van der Waals surface area contributed by atoms with Crippen LogP contribution in [0.2, 0.25) is 0 Å². The maximum atomic E-state index is 5.18. The minimum atomic E-state index is 0.468. The zero-order valence-electron chi connectivity index (χ0n) is 4.02. The van der Waals surface area contributed by atoms with Gasteiger partial charge >= 0.3 is 0 Å². The molecule has 0 unspecified atom stereocenters. The van der Waals surface area contributed by atoms with Crippen LogP contribution in [0.25, 0.3) is 0 Å². The van der Waals surface area contributed by atoms with Gasteiger partial charge in [-0.15, -0.1) is 0 Å². The Hall–Kier alpha value is 0.310. The molecule has 0 amide bonds. The quantitative estimate of drug-likeness (QED) is 0.495. The van der Waals surface area contributed by atoms with Gasteiger partial charge in [0.2, 0.25) is 0 Å². The van der Waals surface area contributed by atoms with Gasteiger partial charge in [-0.25, -0.2) is 0 Å². The van der Waals surface area contributed by atoms with Gasteiger partial charge in [0.05, 0.1) is 0 Å². The Bertz CT molecular complexity index is 28.7. The monoisotopic (exact) mass is 105 g/mol. The molecule has 0 aromatic carbocycles. The van der Waals surface area contributed by atoms with Crippen molar-refractivity contribution in [2.75, 3.05) is 6.54 Å². The molecular weight excluding hydrogens is 94.1 g/mol. The predicted octanol–water partition coefficient (Wildman–Crippen LogP) is 0.653. The first-order valence-electron chi connectivity index (χ1n) is 2.15.